The van der Waals surface area contributed by atoms with E-state index in [-0.39, 0.29) is 0 Å². The number of benzene rings is 1. The summed E-state index contributed by atoms with van der Waals surface area (Å²) in [7, 11) is 2.21. The second kappa shape index (κ2) is 5.57. The Morgan fingerprint density at radius 3 is 2.91 bits per heavy atom. The maximum absolute atomic E-state index is 4.22. The van der Waals surface area contributed by atoms with Crippen LogP contribution in [0.3, 0.4) is 0 Å². The third kappa shape index (κ3) is 2.52. The SMILES string of the molecule is CN1CCC(c2c[nH]c3ccc(Cc4ncn[nH]4)cc23)CC1. The first-order valence-corrected chi connectivity index (χ1v) is 7.92. The number of piperidine rings is 1. The second-order valence-electron chi connectivity index (χ2n) is 6.31. The van der Waals surface area contributed by atoms with E-state index in [1.165, 1.54) is 48.0 Å². The molecule has 2 aromatic heterocycles. The predicted octanol–water partition coefficient (Wildman–Crippen LogP) is 2.69. The van der Waals surface area contributed by atoms with Gasteiger partial charge < -0.3 is 9.88 Å². The summed E-state index contributed by atoms with van der Waals surface area (Å²) >= 11 is 0. The first kappa shape index (κ1) is 13.5. The Hall–Kier alpha value is -2.14. The lowest BCUT2D eigenvalue weighted by molar-refractivity contribution is 0.256. The van der Waals surface area contributed by atoms with Crippen molar-refractivity contribution in [1.29, 1.82) is 0 Å². The van der Waals surface area contributed by atoms with Crippen LogP contribution < -0.4 is 0 Å². The molecule has 0 atom stereocenters. The van der Waals surface area contributed by atoms with Gasteiger partial charge >= 0.3 is 0 Å². The molecule has 1 aliphatic rings. The molecule has 0 aliphatic carbocycles. The van der Waals surface area contributed by atoms with Gasteiger partial charge in [0.05, 0.1) is 0 Å². The molecule has 1 aliphatic heterocycles. The molecule has 0 spiro atoms. The molecular weight excluding hydrogens is 274 g/mol. The smallest absolute Gasteiger partial charge is 0.137 e. The first-order chi connectivity index (χ1) is 10.8. The van der Waals surface area contributed by atoms with Gasteiger partial charge in [0.1, 0.15) is 12.2 Å². The summed E-state index contributed by atoms with van der Waals surface area (Å²) < 4.78 is 0. The average molecular weight is 295 g/mol. The number of aromatic amines is 2. The van der Waals surface area contributed by atoms with Gasteiger partial charge in [0.2, 0.25) is 0 Å². The number of nitrogens with zero attached hydrogens (tertiary/aromatic N) is 3. The van der Waals surface area contributed by atoms with Crippen LogP contribution in [0.4, 0.5) is 0 Å². The average Bonchev–Trinajstić information content (AvgIpc) is 3.17. The number of hydrogen-bond acceptors (Lipinski definition) is 3. The predicted molar refractivity (Wildman–Crippen MR) is 87.0 cm³/mol. The molecule has 3 aromatic rings. The molecule has 4 rings (SSSR count). The number of nitrogens with one attached hydrogen (secondary N) is 2. The summed E-state index contributed by atoms with van der Waals surface area (Å²) in [4.78, 5) is 10.1. The minimum atomic E-state index is 0.672. The molecule has 5 nitrogen and oxygen atoms in total. The monoisotopic (exact) mass is 295 g/mol. The summed E-state index contributed by atoms with van der Waals surface area (Å²) in [5.74, 6) is 1.58. The van der Waals surface area contributed by atoms with Crippen molar-refractivity contribution in [2.75, 3.05) is 20.1 Å². The van der Waals surface area contributed by atoms with Crippen molar-refractivity contribution in [3.05, 3.63) is 47.7 Å². The molecule has 0 saturated carbocycles. The zero-order valence-electron chi connectivity index (χ0n) is 12.8. The van der Waals surface area contributed by atoms with E-state index < -0.39 is 0 Å². The van der Waals surface area contributed by atoms with Crippen LogP contribution >= 0.6 is 0 Å². The number of hydrogen-bond donors (Lipinski definition) is 2. The molecule has 3 heterocycles. The molecule has 1 fully saturated rings. The summed E-state index contributed by atoms with van der Waals surface area (Å²) in [6.45, 7) is 2.38. The molecule has 2 N–H and O–H groups in total. The number of rotatable bonds is 3. The van der Waals surface area contributed by atoms with Gasteiger partial charge in [-0.05, 0) is 62.2 Å². The lowest BCUT2D eigenvalue weighted by Crippen LogP contribution is -2.29. The Balaban J connectivity index is 1.64. The fraction of sp³-hybridized carbons (Fsp3) is 0.412. The lowest BCUT2D eigenvalue weighted by Gasteiger charge is -2.28. The van der Waals surface area contributed by atoms with Gasteiger partial charge in [0.15, 0.2) is 0 Å². The normalized spacial score (nSPS) is 17.3. The van der Waals surface area contributed by atoms with E-state index in [4.69, 9.17) is 0 Å². The van der Waals surface area contributed by atoms with Crippen LogP contribution in [-0.2, 0) is 6.42 Å². The minimum absolute atomic E-state index is 0.672. The Morgan fingerprint density at radius 2 is 2.14 bits per heavy atom. The van der Waals surface area contributed by atoms with E-state index in [1.54, 1.807) is 6.33 Å². The summed E-state index contributed by atoms with van der Waals surface area (Å²) in [6.07, 6.45) is 7.06. The van der Waals surface area contributed by atoms with Gasteiger partial charge in [-0.1, -0.05) is 6.07 Å². The van der Waals surface area contributed by atoms with Gasteiger partial charge in [-0.25, -0.2) is 4.98 Å². The third-order valence-corrected chi connectivity index (χ3v) is 4.77. The number of H-pyrrole nitrogens is 2. The highest BCUT2D eigenvalue weighted by molar-refractivity contribution is 5.84. The highest BCUT2D eigenvalue weighted by Crippen LogP contribution is 2.33. The van der Waals surface area contributed by atoms with Crippen molar-refractivity contribution < 1.29 is 0 Å². The van der Waals surface area contributed by atoms with Gasteiger partial charge in [-0.2, -0.15) is 5.10 Å². The molecule has 0 amide bonds. The quantitative estimate of drug-likeness (QED) is 0.781. The fourth-order valence-electron chi connectivity index (χ4n) is 3.47. The van der Waals surface area contributed by atoms with Crippen molar-refractivity contribution >= 4 is 10.9 Å². The third-order valence-electron chi connectivity index (χ3n) is 4.77. The van der Waals surface area contributed by atoms with E-state index >= 15 is 0 Å². The van der Waals surface area contributed by atoms with Gasteiger partial charge in [-0.3, -0.25) is 5.10 Å². The molecular formula is C17H21N5. The molecule has 1 aromatic carbocycles. The van der Waals surface area contributed by atoms with Gasteiger partial charge in [0, 0.05) is 23.5 Å². The van der Waals surface area contributed by atoms with Crippen LogP contribution in [0.5, 0.6) is 0 Å². The van der Waals surface area contributed by atoms with Crippen LogP contribution in [0, 0.1) is 0 Å². The van der Waals surface area contributed by atoms with Crippen molar-refractivity contribution in [2.45, 2.75) is 25.2 Å². The van der Waals surface area contributed by atoms with Crippen molar-refractivity contribution in [3.8, 4) is 0 Å². The maximum atomic E-state index is 4.22. The van der Waals surface area contributed by atoms with E-state index in [2.05, 4.69) is 56.5 Å². The van der Waals surface area contributed by atoms with E-state index in [9.17, 15) is 0 Å². The standard InChI is InChI=1S/C17H21N5/c1-22-6-4-13(5-7-22)15-10-18-16-3-2-12(8-14(15)16)9-17-19-11-20-21-17/h2-3,8,10-11,13,18H,4-7,9H2,1H3,(H,19,20,21). The molecule has 1 saturated heterocycles. The molecule has 114 valence electrons. The first-order valence-electron chi connectivity index (χ1n) is 7.92. The Labute approximate surface area is 129 Å². The second-order valence-corrected chi connectivity index (χ2v) is 6.31. The van der Waals surface area contributed by atoms with Gasteiger partial charge in [0.25, 0.3) is 0 Å². The largest absolute Gasteiger partial charge is 0.361 e. The molecule has 5 heteroatoms. The summed E-state index contributed by atoms with van der Waals surface area (Å²) in [5, 5.41) is 8.22. The zero-order chi connectivity index (χ0) is 14.9. The van der Waals surface area contributed by atoms with Crippen LogP contribution in [-0.4, -0.2) is 45.2 Å². The molecule has 0 radical (unpaired) electrons. The maximum Gasteiger partial charge on any atom is 0.137 e. The van der Waals surface area contributed by atoms with Crippen molar-refractivity contribution in [1.82, 2.24) is 25.1 Å². The lowest BCUT2D eigenvalue weighted by atomic mass is 9.89. The van der Waals surface area contributed by atoms with E-state index in [1.807, 2.05) is 0 Å². The number of likely N-dealkylation sites (tertiary alicyclic amines) is 1. The van der Waals surface area contributed by atoms with Crippen molar-refractivity contribution in [2.24, 2.45) is 0 Å². The van der Waals surface area contributed by atoms with Crippen LogP contribution in [0.2, 0.25) is 0 Å². The Bertz CT molecular complexity index is 751. The molecule has 22 heavy (non-hydrogen) atoms. The van der Waals surface area contributed by atoms with Crippen LogP contribution in [0.15, 0.2) is 30.7 Å². The van der Waals surface area contributed by atoms with Crippen LogP contribution in [0.1, 0.15) is 35.7 Å². The Kier molecular flexibility index (Phi) is 3.42. The topological polar surface area (TPSA) is 60.6 Å². The van der Waals surface area contributed by atoms with E-state index in [0.29, 0.717) is 5.92 Å². The minimum Gasteiger partial charge on any atom is -0.361 e. The molecule has 0 bridgehead atoms. The number of fused-ring (bicyclic) bond motifs is 1. The van der Waals surface area contributed by atoms with Crippen LogP contribution in [0.25, 0.3) is 10.9 Å². The number of aromatic nitrogens is 4. The summed E-state index contributed by atoms with van der Waals surface area (Å²) in [6, 6.07) is 6.65. The summed E-state index contributed by atoms with van der Waals surface area (Å²) in [5.41, 5.74) is 3.98. The van der Waals surface area contributed by atoms with Crippen molar-refractivity contribution in [3.63, 3.8) is 0 Å². The van der Waals surface area contributed by atoms with Gasteiger partial charge in [-0.15, -0.1) is 0 Å². The highest BCUT2D eigenvalue weighted by atomic mass is 15.2. The van der Waals surface area contributed by atoms with E-state index in [0.717, 1.165) is 12.2 Å². The molecule has 0 unspecified atom stereocenters. The zero-order valence-corrected chi connectivity index (χ0v) is 12.8. The fourth-order valence-corrected chi connectivity index (χ4v) is 3.47. The Morgan fingerprint density at radius 1 is 1.27 bits per heavy atom. The highest BCUT2D eigenvalue weighted by Gasteiger charge is 2.21.